The molecule has 0 saturated carbocycles. The van der Waals surface area contributed by atoms with E-state index in [2.05, 4.69) is 10.1 Å². The van der Waals surface area contributed by atoms with Crippen molar-refractivity contribution in [2.75, 3.05) is 0 Å². The molecular weight excluding hydrogens is 400 g/mol. The zero-order valence-electron chi connectivity index (χ0n) is 14.4. The number of nitrogens with zero attached hydrogens (tertiary/aromatic N) is 3. The van der Waals surface area contributed by atoms with E-state index in [-0.39, 0.29) is 17.2 Å². The minimum atomic E-state index is -0.301. The first-order chi connectivity index (χ1) is 13.6. The maximum Gasteiger partial charge on any atom is 0.275 e. The fraction of sp³-hybridized carbons (Fsp3) is 0.0500. The van der Waals surface area contributed by atoms with Gasteiger partial charge in [-0.15, -0.1) is 5.10 Å². The van der Waals surface area contributed by atoms with Crippen LogP contribution >= 0.6 is 23.1 Å². The van der Waals surface area contributed by atoms with Crippen LogP contribution in [0.2, 0.25) is 0 Å². The normalized spacial score (nSPS) is 11.5. The van der Waals surface area contributed by atoms with Crippen molar-refractivity contribution in [3.05, 3.63) is 93.4 Å². The van der Waals surface area contributed by atoms with Gasteiger partial charge in [-0.05, 0) is 41.5 Å². The van der Waals surface area contributed by atoms with Crippen LogP contribution in [-0.4, -0.2) is 14.6 Å². The van der Waals surface area contributed by atoms with Gasteiger partial charge < -0.3 is 0 Å². The van der Waals surface area contributed by atoms with Gasteiger partial charge in [0.15, 0.2) is 4.34 Å². The average molecular weight is 413 g/mol. The molecule has 0 N–H and O–H groups in total. The largest absolute Gasteiger partial charge is 0.275 e. The first kappa shape index (κ1) is 18.5. The fourth-order valence-corrected chi connectivity index (χ4v) is 4.34. The summed E-state index contributed by atoms with van der Waals surface area (Å²) in [4.78, 5) is 17.3. The molecule has 0 amide bonds. The molecule has 0 aliphatic rings. The number of thioether (sulfide) groups is 1. The Balaban J connectivity index is 1.54. The third-order valence-corrected chi connectivity index (χ3v) is 5.95. The third-order valence-electron chi connectivity index (χ3n) is 3.84. The van der Waals surface area contributed by atoms with Crippen molar-refractivity contribution in [3.8, 4) is 0 Å². The van der Waals surface area contributed by atoms with Crippen LogP contribution in [0.5, 0.6) is 0 Å². The van der Waals surface area contributed by atoms with Crippen molar-refractivity contribution < 1.29 is 8.78 Å². The molecule has 0 bridgehead atoms. The second-order valence-electron chi connectivity index (χ2n) is 5.88. The molecule has 4 nitrogen and oxygen atoms in total. The number of aromatic nitrogens is 3. The van der Waals surface area contributed by atoms with Gasteiger partial charge in [-0.2, -0.15) is 4.52 Å². The SMILES string of the molecule is O=c1cc(/C=C/c2ccc(F)cc2)nc2sc(SCc3ccc(F)cc3)nn12. The van der Waals surface area contributed by atoms with Gasteiger partial charge in [0.1, 0.15) is 11.6 Å². The quantitative estimate of drug-likeness (QED) is 0.437. The second kappa shape index (κ2) is 8.04. The molecule has 2 aromatic heterocycles. The predicted molar refractivity (Wildman–Crippen MR) is 108 cm³/mol. The number of benzene rings is 2. The van der Waals surface area contributed by atoms with Gasteiger partial charge in [0.05, 0.1) is 5.69 Å². The van der Waals surface area contributed by atoms with Crippen molar-refractivity contribution >= 4 is 40.2 Å². The summed E-state index contributed by atoms with van der Waals surface area (Å²) in [6.45, 7) is 0. The fourth-order valence-electron chi connectivity index (χ4n) is 2.44. The van der Waals surface area contributed by atoms with Crippen LogP contribution in [0.25, 0.3) is 17.1 Å². The minimum absolute atomic E-state index is 0.270. The van der Waals surface area contributed by atoms with Crippen molar-refractivity contribution in [1.82, 2.24) is 14.6 Å². The van der Waals surface area contributed by atoms with Crippen LogP contribution < -0.4 is 5.56 Å². The van der Waals surface area contributed by atoms with Gasteiger partial charge in [0.2, 0.25) is 4.96 Å². The van der Waals surface area contributed by atoms with Gasteiger partial charge in [-0.25, -0.2) is 13.8 Å². The predicted octanol–water partition coefficient (Wildman–Crippen LogP) is 4.89. The molecule has 140 valence electrons. The molecule has 0 spiro atoms. The molecule has 0 unspecified atom stereocenters. The highest BCUT2D eigenvalue weighted by Crippen LogP contribution is 2.26. The Hall–Kier alpha value is -2.84. The lowest BCUT2D eigenvalue weighted by Gasteiger charge is -1.97. The van der Waals surface area contributed by atoms with Crippen LogP contribution in [0.4, 0.5) is 8.78 Å². The number of hydrogen-bond acceptors (Lipinski definition) is 5. The van der Waals surface area contributed by atoms with Crippen LogP contribution in [-0.2, 0) is 5.75 Å². The summed E-state index contributed by atoms with van der Waals surface area (Å²) in [6.07, 6.45) is 3.47. The molecule has 0 aliphatic carbocycles. The molecule has 0 atom stereocenters. The summed E-state index contributed by atoms with van der Waals surface area (Å²) >= 11 is 2.78. The van der Waals surface area contributed by atoms with E-state index in [9.17, 15) is 13.6 Å². The molecule has 4 rings (SSSR count). The van der Waals surface area contributed by atoms with Gasteiger partial charge in [-0.1, -0.05) is 53.4 Å². The van der Waals surface area contributed by atoms with Gasteiger partial charge in [0, 0.05) is 11.8 Å². The minimum Gasteiger partial charge on any atom is -0.267 e. The van der Waals surface area contributed by atoms with E-state index in [1.165, 1.54) is 57.9 Å². The maximum atomic E-state index is 13.0. The van der Waals surface area contributed by atoms with Crippen molar-refractivity contribution in [3.63, 3.8) is 0 Å². The monoisotopic (exact) mass is 413 g/mol. The van der Waals surface area contributed by atoms with Crippen molar-refractivity contribution in [2.45, 2.75) is 10.1 Å². The highest BCUT2D eigenvalue weighted by molar-refractivity contribution is 8.00. The average Bonchev–Trinajstić information content (AvgIpc) is 3.11. The molecule has 28 heavy (non-hydrogen) atoms. The van der Waals surface area contributed by atoms with E-state index in [0.29, 0.717) is 20.7 Å². The molecular formula is C20H13F2N3OS2. The molecule has 0 saturated heterocycles. The first-order valence-electron chi connectivity index (χ1n) is 8.29. The van der Waals surface area contributed by atoms with Crippen LogP contribution in [0.3, 0.4) is 0 Å². The molecule has 0 aliphatic heterocycles. The first-order valence-corrected chi connectivity index (χ1v) is 10.1. The Morgan fingerprint density at radius 2 is 1.68 bits per heavy atom. The van der Waals surface area contributed by atoms with E-state index in [1.807, 2.05) is 0 Å². The van der Waals surface area contributed by atoms with E-state index < -0.39 is 0 Å². The summed E-state index contributed by atoms with van der Waals surface area (Å²) in [5.41, 5.74) is 2.01. The lowest BCUT2D eigenvalue weighted by atomic mass is 10.2. The highest BCUT2D eigenvalue weighted by atomic mass is 32.2. The second-order valence-corrected chi connectivity index (χ2v) is 8.06. The van der Waals surface area contributed by atoms with Crippen LogP contribution in [0.15, 0.2) is 63.7 Å². The van der Waals surface area contributed by atoms with Crippen molar-refractivity contribution in [2.24, 2.45) is 0 Å². The lowest BCUT2D eigenvalue weighted by molar-refractivity contribution is 0.627. The zero-order chi connectivity index (χ0) is 19.5. The standard InChI is InChI=1S/C20H13F2N3OS2/c21-15-6-1-13(2-7-15)5-10-17-11-18(26)25-19(23-17)28-20(24-25)27-12-14-3-8-16(22)9-4-14/h1-11H,12H2/b10-5+. The lowest BCUT2D eigenvalue weighted by Crippen LogP contribution is -2.14. The Morgan fingerprint density at radius 1 is 1.00 bits per heavy atom. The number of hydrogen-bond donors (Lipinski definition) is 0. The highest BCUT2D eigenvalue weighted by Gasteiger charge is 2.09. The Bertz CT molecular complexity index is 1200. The van der Waals surface area contributed by atoms with Gasteiger partial charge in [0.25, 0.3) is 5.56 Å². The van der Waals surface area contributed by atoms with Gasteiger partial charge in [-0.3, -0.25) is 4.79 Å². The van der Waals surface area contributed by atoms with E-state index >= 15 is 0 Å². The zero-order valence-corrected chi connectivity index (χ0v) is 16.0. The summed E-state index contributed by atoms with van der Waals surface area (Å²) in [5, 5.41) is 4.30. The summed E-state index contributed by atoms with van der Waals surface area (Å²) in [7, 11) is 0. The Morgan fingerprint density at radius 3 is 2.39 bits per heavy atom. The third kappa shape index (κ3) is 4.35. The van der Waals surface area contributed by atoms with Crippen LogP contribution in [0, 0.1) is 11.6 Å². The summed E-state index contributed by atoms with van der Waals surface area (Å²) in [6, 6.07) is 13.7. The maximum absolute atomic E-state index is 13.0. The molecule has 2 heterocycles. The van der Waals surface area contributed by atoms with E-state index in [0.717, 1.165) is 11.1 Å². The number of halogens is 2. The summed E-state index contributed by atoms with van der Waals surface area (Å²) in [5.74, 6) is 0.0441. The molecule has 2 aromatic carbocycles. The number of fused-ring (bicyclic) bond motifs is 1. The summed E-state index contributed by atoms with van der Waals surface area (Å²) < 4.78 is 27.9. The van der Waals surface area contributed by atoms with Crippen LogP contribution in [0.1, 0.15) is 16.8 Å². The Kier molecular flexibility index (Phi) is 5.31. The molecule has 4 aromatic rings. The van der Waals surface area contributed by atoms with Gasteiger partial charge >= 0.3 is 0 Å². The van der Waals surface area contributed by atoms with Crippen molar-refractivity contribution in [1.29, 1.82) is 0 Å². The molecule has 8 heteroatoms. The number of rotatable bonds is 5. The molecule has 0 fully saturated rings. The molecule has 0 radical (unpaired) electrons. The van der Waals surface area contributed by atoms with E-state index in [1.54, 1.807) is 36.4 Å². The topological polar surface area (TPSA) is 47.3 Å². The smallest absolute Gasteiger partial charge is 0.267 e. The van der Waals surface area contributed by atoms with E-state index in [4.69, 9.17) is 0 Å². The Labute approximate surface area is 167 Å².